The third-order valence-electron chi connectivity index (χ3n) is 4.08. The van der Waals surface area contributed by atoms with Crippen molar-refractivity contribution < 1.29 is 4.79 Å². The number of hydrogen-bond acceptors (Lipinski definition) is 2. The smallest absolute Gasteiger partial charge is 0.230 e. The van der Waals surface area contributed by atoms with Crippen molar-refractivity contribution in [1.82, 2.24) is 5.32 Å². The Morgan fingerprint density at radius 2 is 1.48 bits per heavy atom. The van der Waals surface area contributed by atoms with Gasteiger partial charge in [0.05, 0.1) is 11.8 Å². The zero-order valence-electron chi connectivity index (χ0n) is 14.6. The number of nitrogens with one attached hydrogen (secondary N) is 1. The molecule has 27 heavy (non-hydrogen) atoms. The summed E-state index contributed by atoms with van der Waals surface area (Å²) in [6, 6.07) is 25.2. The van der Waals surface area contributed by atoms with Gasteiger partial charge in [-0.05, 0) is 28.8 Å². The maximum Gasteiger partial charge on any atom is 0.230 e. The van der Waals surface area contributed by atoms with Gasteiger partial charge in [-0.1, -0.05) is 89.9 Å². The van der Waals surface area contributed by atoms with Crippen molar-refractivity contribution in [2.45, 2.75) is 11.8 Å². The Hall–Kier alpha value is -1.94. The van der Waals surface area contributed by atoms with Crippen LogP contribution in [0, 0.1) is 0 Å². The lowest BCUT2D eigenvalue weighted by molar-refractivity contribution is -0.119. The fourth-order valence-corrected chi connectivity index (χ4v) is 4.14. The first-order valence-corrected chi connectivity index (χ1v) is 10.5. The molecule has 0 heterocycles. The maximum absolute atomic E-state index is 12.5. The summed E-state index contributed by atoms with van der Waals surface area (Å²) >= 11 is 13.6. The topological polar surface area (TPSA) is 29.1 Å². The van der Waals surface area contributed by atoms with Crippen LogP contribution in [-0.2, 0) is 10.5 Å². The predicted octanol–water partition coefficient (Wildman–Crippen LogP) is 6.13. The summed E-state index contributed by atoms with van der Waals surface area (Å²) in [7, 11) is 0. The molecule has 0 saturated carbocycles. The van der Waals surface area contributed by atoms with E-state index in [1.54, 1.807) is 6.07 Å². The quantitative estimate of drug-likeness (QED) is 0.502. The minimum Gasteiger partial charge on any atom is -0.344 e. The fourth-order valence-electron chi connectivity index (χ4n) is 2.75. The highest BCUT2D eigenvalue weighted by Crippen LogP contribution is 2.25. The van der Waals surface area contributed by atoms with E-state index in [0.29, 0.717) is 21.6 Å². The summed E-state index contributed by atoms with van der Waals surface area (Å²) in [6.45, 7) is 0. The number of thioether (sulfide) groups is 1. The van der Waals surface area contributed by atoms with Crippen LogP contribution in [0.4, 0.5) is 0 Å². The number of carbonyl (C=O) groups excluding carboxylic acids is 1. The van der Waals surface area contributed by atoms with Gasteiger partial charge in [0.2, 0.25) is 5.91 Å². The summed E-state index contributed by atoms with van der Waals surface area (Å²) < 4.78 is 0. The van der Waals surface area contributed by atoms with E-state index >= 15 is 0 Å². The molecule has 3 aromatic carbocycles. The van der Waals surface area contributed by atoms with Crippen LogP contribution in [0.2, 0.25) is 10.0 Å². The third kappa shape index (κ3) is 5.77. The summed E-state index contributed by atoms with van der Waals surface area (Å²) in [4.78, 5) is 12.5. The second-order valence-corrected chi connectivity index (χ2v) is 7.88. The van der Waals surface area contributed by atoms with Gasteiger partial charge in [0, 0.05) is 15.8 Å². The van der Waals surface area contributed by atoms with Crippen LogP contribution in [-0.4, -0.2) is 11.7 Å². The lowest BCUT2D eigenvalue weighted by Crippen LogP contribution is -2.30. The summed E-state index contributed by atoms with van der Waals surface area (Å²) in [5, 5.41) is 4.38. The van der Waals surface area contributed by atoms with Crippen LogP contribution in [0.25, 0.3) is 0 Å². The third-order valence-corrected chi connectivity index (χ3v) is 5.65. The average Bonchev–Trinajstić information content (AvgIpc) is 2.69. The van der Waals surface area contributed by atoms with E-state index in [2.05, 4.69) is 5.32 Å². The van der Waals surface area contributed by atoms with Gasteiger partial charge in [0.1, 0.15) is 0 Å². The Morgan fingerprint density at radius 1 is 0.889 bits per heavy atom. The van der Waals surface area contributed by atoms with Crippen molar-refractivity contribution >= 4 is 40.9 Å². The zero-order valence-corrected chi connectivity index (χ0v) is 16.9. The number of carbonyl (C=O) groups is 1. The molecule has 0 spiro atoms. The van der Waals surface area contributed by atoms with E-state index < -0.39 is 0 Å². The molecule has 3 rings (SSSR count). The highest BCUT2D eigenvalue weighted by molar-refractivity contribution is 7.99. The lowest BCUT2D eigenvalue weighted by Gasteiger charge is -2.20. The van der Waals surface area contributed by atoms with Crippen LogP contribution in [0.5, 0.6) is 0 Å². The number of benzene rings is 3. The molecule has 138 valence electrons. The largest absolute Gasteiger partial charge is 0.344 e. The van der Waals surface area contributed by atoms with Crippen LogP contribution >= 0.6 is 35.0 Å². The van der Waals surface area contributed by atoms with Gasteiger partial charge >= 0.3 is 0 Å². The first-order chi connectivity index (χ1) is 13.1. The molecule has 0 radical (unpaired) electrons. The second-order valence-electron chi connectivity index (χ2n) is 6.05. The number of rotatable bonds is 7. The minimum absolute atomic E-state index is 0.0113. The van der Waals surface area contributed by atoms with Gasteiger partial charge in [-0.25, -0.2) is 0 Å². The molecule has 5 heteroatoms. The van der Waals surface area contributed by atoms with Crippen LogP contribution < -0.4 is 5.32 Å². The molecule has 1 N–H and O–H groups in total. The number of halogens is 2. The van der Waals surface area contributed by atoms with Gasteiger partial charge in [0.25, 0.3) is 0 Å². The van der Waals surface area contributed by atoms with Gasteiger partial charge in [-0.3, -0.25) is 4.79 Å². The molecule has 0 saturated heterocycles. The minimum atomic E-state index is -0.167. The van der Waals surface area contributed by atoms with Gasteiger partial charge in [-0.15, -0.1) is 11.8 Å². The SMILES string of the molecule is O=C(CSCc1ccc(Cl)cc1Cl)NC(c1ccccc1)c1ccccc1. The zero-order chi connectivity index (χ0) is 19.1. The van der Waals surface area contributed by atoms with Gasteiger partial charge in [-0.2, -0.15) is 0 Å². The molecule has 0 bridgehead atoms. The Bertz CT molecular complexity index is 848. The molecule has 1 amide bonds. The summed E-state index contributed by atoms with van der Waals surface area (Å²) in [5.41, 5.74) is 3.09. The van der Waals surface area contributed by atoms with E-state index in [1.165, 1.54) is 11.8 Å². The standard InChI is InChI=1S/C22H19Cl2NOS/c23-19-12-11-18(20(24)13-19)14-27-15-21(26)25-22(16-7-3-1-4-8-16)17-9-5-2-6-10-17/h1-13,22H,14-15H2,(H,25,26). The maximum atomic E-state index is 12.5. The van der Waals surface area contributed by atoms with Crippen molar-refractivity contribution in [3.8, 4) is 0 Å². The highest BCUT2D eigenvalue weighted by atomic mass is 35.5. The second kappa shape index (κ2) is 9.84. The van der Waals surface area contributed by atoms with E-state index in [-0.39, 0.29) is 11.9 Å². The van der Waals surface area contributed by atoms with Crippen molar-refractivity contribution in [3.63, 3.8) is 0 Å². The molecule has 2 nitrogen and oxygen atoms in total. The Kier molecular flexibility index (Phi) is 7.22. The van der Waals surface area contributed by atoms with Crippen LogP contribution in [0.1, 0.15) is 22.7 Å². The van der Waals surface area contributed by atoms with E-state index in [1.807, 2.05) is 72.8 Å². The first kappa shape index (κ1) is 19.8. The summed E-state index contributed by atoms with van der Waals surface area (Å²) in [5.74, 6) is 1.00. The predicted molar refractivity (Wildman–Crippen MR) is 115 cm³/mol. The Labute approximate surface area is 173 Å². The van der Waals surface area contributed by atoms with Gasteiger partial charge in [0.15, 0.2) is 0 Å². The summed E-state index contributed by atoms with van der Waals surface area (Å²) in [6.07, 6.45) is 0. The van der Waals surface area contributed by atoms with E-state index in [4.69, 9.17) is 23.2 Å². The molecule has 0 aromatic heterocycles. The molecule has 0 aliphatic heterocycles. The molecular formula is C22H19Cl2NOS. The van der Waals surface area contributed by atoms with Gasteiger partial charge < -0.3 is 5.32 Å². The van der Waals surface area contributed by atoms with Crippen LogP contribution in [0.3, 0.4) is 0 Å². The number of hydrogen-bond donors (Lipinski definition) is 1. The monoisotopic (exact) mass is 415 g/mol. The van der Waals surface area contributed by atoms with Crippen molar-refractivity contribution in [3.05, 3.63) is 106 Å². The normalized spacial score (nSPS) is 10.8. The van der Waals surface area contributed by atoms with Crippen LogP contribution in [0.15, 0.2) is 78.9 Å². The average molecular weight is 416 g/mol. The van der Waals surface area contributed by atoms with E-state index in [0.717, 1.165) is 16.7 Å². The highest BCUT2D eigenvalue weighted by Gasteiger charge is 2.16. The molecular weight excluding hydrogens is 397 g/mol. The number of amides is 1. The Balaban J connectivity index is 1.63. The Morgan fingerprint density at radius 3 is 2.04 bits per heavy atom. The molecule has 0 aliphatic carbocycles. The lowest BCUT2D eigenvalue weighted by atomic mass is 9.99. The molecule has 3 aromatic rings. The van der Waals surface area contributed by atoms with E-state index in [9.17, 15) is 4.79 Å². The molecule has 0 aliphatic rings. The molecule has 0 fully saturated rings. The van der Waals surface area contributed by atoms with Crippen molar-refractivity contribution in [2.75, 3.05) is 5.75 Å². The van der Waals surface area contributed by atoms with Crippen molar-refractivity contribution in [1.29, 1.82) is 0 Å². The molecule has 0 atom stereocenters. The first-order valence-electron chi connectivity index (χ1n) is 8.54. The molecule has 0 unspecified atom stereocenters. The fraction of sp³-hybridized carbons (Fsp3) is 0.136. The van der Waals surface area contributed by atoms with Crippen molar-refractivity contribution in [2.24, 2.45) is 0 Å².